The SMILES string of the molecule is CC1(C)c2cccc(-c3ccc(-c4cc(-c5ccccc5)nc(-c5ccc(-c6ccccc6)cc5)n4)c4ccccc34)c2-c2c1ccc1ccccc21. The van der Waals surface area contributed by atoms with Gasteiger partial charge in [0.15, 0.2) is 5.82 Å². The van der Waals surface area contributed by atoms with E-state index in [0.717, 1.165) is 28.1 Å². The fraction of sp³-hybridized carbons (Fsp3) is 0.0588. The van der Waals surface area contributed by atoms with E-state index in [0.29, 0.717) is 5.82 Å². The number of fused-ring (bicyclic) bond motifs is 6. The van der Waals surface area contributed by atoms with Gasteiger partial charge in [-0.1, -0.05) is 190 Å². The highest BCUT2D eigenvalue weighted by atomic mass is 14.9. The smallest absolute Gasteiger partial charge is 0.160 e. The van der Waals surface area contributed by atoms with Crippen molar-refractivity contribution in [1.29, 1.82) is 0 Å². The van der Waals surface area contributed by atoms with Gasteiger partial charge in [0.25, 0.3) is 0 Å². The molecule has 10 rings (SSSR count). The lowest BCUT2D eigenvalue weighted by Gasteiger charge is -2.22. The summed E-state index contributed by atoms with van der Waals surface area (Å²) >= 11 is 0. The topological polar surface area (TPSA) is 25.8 Å². The first kappa shape index (κ1) is 31.1. The molecule has 0 spiro atoms. The molecule has 1 heterocycles. The molecule has 1 aromatic heterocycles. The highest BCUT2D eigenvalue weighted by Crippen LogP contribution is 2.55. The highest BCUT2D eigenvalue weighted by Gasteiger charge is 2.38. The molecule has 1 aliphatic rings. The number of nitrogens with zero attached hydrogens (tertiary/aromatic N) is 2. The molecule has 0 N–H and O–H groups in total. The van der Waals surface area contributed by atoms with E-state index in [2.05, 4.69) is 184 Å². The first-order valence-corrected chi connectivity index (χ1v) is 18.3. The van der Waals surface area contributed by atoms with E-state index in [4.69, 9.17) is 9.97 Å². The molecular weight excluding hydrogens is 641 g/mol. The molecule has 0 fully saturated rings. The molecule has 0 amide bonds. The minimum atomic E-state index is -0.106. The van der Waals surface area contributed by atoms with Crippen LogP contribution in [0.15, 0.2) is 182 Å². The molecule has 1 aliphatic carbocycles. The Bertz CT molecular complexity index is 2830. The number of benzene rings is 8. The Balaban J connectivity index is 1.16. The van der Waals surface area contributed by atoms with Crippen molar-refractivity contribution < 1.29 is 0 Å². The molecule has 53 heavy (non-hydrogen) atoms. The fourth-order valence-corrected chi connectivity index (χ4v) is 8.44. The van der Waals surface area contributed by atoms with Crippen LogP contribution < -0.4 is 0 Å². The summed E-state index contributed by atoms with van der Waals surface area (Å²) in [4.78, 5) is 10.4. The van der Waals surface area contributed by atoms with Crippen LogP contribution in [0.4, 0.5) is 0 Å². The van der Waals surface area contributed by atoms with Gasteiger partial charge >= 0.3 is 0 Å². The van der Waals surface area contributed by atoms with Crippen LogP contribution in [0, 0.1) is 0 Å². The van der Waals surface area contributed by atoms with Gasteiger partial charge in [-0.25, -0.2) is 9.97 Å². The summed E-state index contributed by atoms with van der Waals surface area (Å²) in [5, 5.41) is 4.96. The Morgan fingerprint density at radius 1 is 0.358 bits per heavy atom. The van der Waals surface area contributed by atoms with Gasteiger partial charge < -0.3 is 0 Å². The molecule has 0 unspecified atom stereocenters. The van der Waals surface area contributed by atoms with Gasteiger partial charge in [0.1, 0.15) is 0 Å². The Kier molecular flexibility index (Phi) is 7.19. The van der Waals surface area contributed by atoms with E-state index in [-0.39, 0.29) is 5.41 Å². The summed E-state index contributed by atoms with van der Waals surface area (Å²) in [6.07, 6.45) is 0. The van der Waals surface area contributed by atoms with Crippen LogP contribution >= 0.6 is 0 Å². The number of aromatic nitrogens is 2. The maximum absolute atomic E-state index is 5.28. The second-order valence-corrected chi connectivity index (χ2v) is 14.5. The highest BCUT2D eigenvalue weighted by molar-refractivity contribution is 6.11. The van der Waals surface area contributed by atoms with Crippen molar-refractivity contribution in [2.75, 3.05) is 0 Å². The quantitative estimate of drug-likeness (QED) is 0.181. The number of hydrogen-bond acceptors (Lipinski definition) is 2. The summed E-state index contributed by atoms with van der Waals surface area (Å²) in [5.41, 5.74) is 15.1. The van der Waals surface area contributed by atoms with E-state index < -0.39 is 0 Å². The third kappa shape index (κ3) is 5.10. The van der Waals surface area contributed by atoms with Gasteiger partial charge in [0.05, 0.1) is 11.4 Å². The average molecular weight is 677 g/mol. The zero-order valence-corrected chi connectivity index (χ0v) is 29.7. The van der Waals surface area contributed by atoms with Crippen LogP contribution in [0.25, 0.3) is 88.8 Å². The van der Waals surface area contributed by atoms with Crippen molar-refractivity contribution in [3.63, 3.8) is 0 Å². The van der Waals surface area contributed by atoms with Crippen molar-refractivity contribution in [1.82, 2.24) is 9.97 Å². The third-order valence-corrected chi connectivity index (χ3v) is 11.1. The van der Waals surface area contributed by atoms with Crippen molar-refractivity contribution >= 4 is 21.5 Å². The standard InChI is InChI=1S/C51H36N2/c1-51(2)44-23-13-22-43(49(44)48-38-19-10-9-16-35(38)28-31-45(48)51)41-29-30-42(40-21-12-11-20-39(40)41)47-32-46(36-17-7-4-8-18-36)52-50(53-47)37-26-24-34(25-27-37)33-14-5-3-6-15-33/h3-32H,1-2H3. The Morgan fingerprint density at radius 3 is 1.68 bits per heavy atom. The summed E-state index contributed by atoms with van der Waals surface area (Å²) in [6, 6.07) is 65.3. The van der Waals surface area contributed by atoms with Crippen molar-refractivity contribution in [3.8, 4) is 67.3 Å². The van der Waals surface area contributed by atoms with Crippen molar-refractivity contribution in [2.45, 2.75) is 19.3 Å². The molecule has 2 nitrogen and oxygen atoms in total. The largest absolute Gasteiger partial charge is 0.228 e. The lowest BCUT2D eigenvalue weighted by molar-refractivity contribution is 0.661. The normalized spacial score (nSPS) is 12.9. The first-order valence-electron chi connectivity index (χ1n) is 18.3. The minimum Gasteiger partial charge on any atom is -0.228 e. The molecule has 0 radical (unpaired) electrons. The molecule has 0 saturated carbocycles. The second kappa shape index (κ2) is 12.3. The van der Waals surface area contributed by atoms with Crippen molar-refractivity contribution in [3.05, 3.63) is 193 Å². The van der Waals surface area contributed by atoms with Gasteiger partial charge in [-0.2, -0.15) is 0 Å². The van der Waals surface area contributed by atoms with E-state index >= 15 is 0 Å². The second-order valence-electron chi connectivity index (χ2n) is 14.5. The lowest BCUT2D eigenvalue weighted by Crippen LogP contribution is -2.14. The molecule has 0 atom stereocenters. The van der Waals surface area contributed by atoms with Gasteiger partial charge in [0, 0.05) is 22.1 Å². The fourth-order valence-electron chi connectivity index (χ4n) is 8.44. The van der Waals surface area contributed by atoms with Crippen LogP contribution in [0.5, 0.6) is 0 Å². The van der Waals surface area contributed by atoms with Gasteiger partial charge in [0.2, 0.25) is 0 Å². The molecule has 0 aliphatic heterocycles. The molecular formula is C51H36N2. The zero-order chi connectivity index (χ0) is 35.5. The predicted octanol–water partition coefficient (Wildman–Crippen LogP) is 13.4. The molecule has 2 heteroatoms. The molecule has 0 saturated heterocycles. The first-order chi connectivity index (χ1) is 26.0. The van der Waals surface area contributed by atoms with Gasteiger partial charge in [-0.3, -0.25) is 0 Å². The van der Waals surface area contributed by atoms with Crippen LogP contribution in [0.3, 0.4) is 0 Å². The molecule has 250 valence electrons. The maximum atomic E-state index is 5.28. The van der Waals surface area contributed by atoms with Crippen LogP contribution in [0.1, 0.15) is 25.0 Å². The van der Waals surface area contributed by atoms with Gasteiger partial charge in [-0.15, -0.1) is 0 Å². The summed E-state index contributed by atoms with van der Waals surface area (Å²) in [7, 11) is 0. The lowest BCUT2D eigenvalue weighted by atomic mass is 9.81. The predicted molar refractivity (Wildman–Crippen MR) is 222 cm³/mol. The van der Waals surface area contributed by atoms with Crippen LogP contribution in [-0.4, -0.2) is 9.97 Å². The summed E-state index contributed by atoms with van der Waals surface area (Å²) in [6.45, 7) is 4.73. The number of hydrogen-bond donors (Lipinski definition) is 0. The average Bonchev–Trinajstić information content (AvgIpc) is 3.47. The monoisotopic (exact) mass is 676 g/mol. The van der Waals surface area contributed by atoms with Crippen LogP contribution in [0.2, 0.25) is 0 Å². The molecule has 9 aromatic rings. The molecule has 8 aromatic carbocycles. The number of rotatable bonds is 5. The van der Waals surface area contributed by atoms with E-state index in [1.165, 1.54) is 66.1 Å². The van der Waals surface area contributed by atoms with Crippen molar-refractivity contribution in [2.24, 2.45) is 0 Å². The minimum absolute atomic E-state index is 0.106. The van der Waals surface area contributed by atoms with E-state index in [1.54, 1.807) is 0 Å². The Hall–Kier alpha value is -6.64. The molecule has 0 bridgehead atoms. The van der Waals surface area contributed by atoms with Gasteiger partial charge in [-0.05, 0) is 72.1 Å². The Labute approximate surface area is 310 Å². The third-order valence-electron chi connectivity index (χ3n) is 11.1. The summed E-state index contributed by atoms with van der Waals surface area (Å²) < 4.78 is 0. The Morgan fingerprint density at radius 2 is 0.925 bits per heavy atom. The van der Waals surface area contributed by atoms with E-state index in [1.807, 2.05) is 12.1 Å². The summed E-state index contributed by atoms with van der Waals surface area (Å²) in [5.74, 6) is 0.709. The van der Waals surface area contributed by atoms with E-state index in [9.17, 15) is 0 Å². The zero-order valence-electron chi connectivity index (χ0n) is 29.7. The van der Waals surface area contributed by atoms with Crippen LogP contribution in [-0.2, 0) is 5.41 Å². The maximum Gasteiger partial charge on any atom is 0.160 e.